The minimum Gasteiger partial charge on any atom is -0.465 e. The highest BCUT2D eigenvalue weighted by Crippen LogP contribution is 2.19. The molecule has 13 nitrogen and oxygen atoms in total. The Balaban J connectivity index is 4.66. The molecule has 2 atom stereocenters. The van der Waals surface area contributed by atoms with Gasteiger partial charge in [-0.3, -0.25) is 14.4 Å². The fourth-order valence-electron chi connectivity index (χ4n) is 8.45. The van der Waals surface area contributed by atoms with Gasteiger partial charge in [0, 0.05) is 32.4 Å². The van der Waals surface area contributed by atoms with E-state index in [2.05, 4.69) is 51.8 Å². The Kier molecular flexibility index (Phi) is 48.6. The van der Waals surface area contributed by atoms with Gasteiger partial charge in [0.15, 0.2) is 0 Å². The first kappa shape index (κ1) is 66.9. The van der Waals surface area contributed by atoms with Gasteiger partial charge in [0.25, 0.3) is 0 Å². The minimum atomic E-state index is -0.824. The van der Waals surface area contributed by atoms with Crippen LogP contribution >= 0.6 is 0 Å². The van der Waals surface area contributed by atoms with E-state index in [0.717, 1.165) is 96.7 Å². The molecule has 0 aromatic carbocycles. The minimum absolute atomic E-state index is 0.0344. The lowest BCUT2D eigenvalue weighted by molar-refractivity contribution is -0.151. The Hall–Kier alpha value is -3.09. The molecule has 70 heavy (non-hydrogen) atoms. The lowest BCUT2D eigenvalue weighted by Gasteiger charge is -2.18. The van der Waals surface area contributed by atoms with Crippen molar-refractivity contribution in [3.8, 4) is 0 Å². The summed E-state index contributed by atoms with van der Waals surface area (Å²) >= 11 is 0. The third-order valence-electron chi connectivity index (χ3n) is 13.1. The molecule has 0 bridgehead atoms. The van der Waals surface area contributed by atoms with E-state index < -0.39 is 24.1 Å². The highest BCUT2D eigenvalue weighted by Gasteiger charge is 2.19. The predicted octanol–water partition coefficient (Wildman–Crippen LogP) is 14.9. The molecule has 412 valence electrons. The van der Waals surface area contributed by atoms with E-state index in [0.29, 0.717) is 45.1 Å². The van der Waals surface area contributed by atoms with Crippen LogP contribution in [-0.2, 0) is 42.8 Å². The number of amides is 1. The first-order valence-electron chi connectivity index (χ1n) is 29.1. The van der Waals surface area contributed by atoms with Crippen molar-refractivity contribution < 1.29 is 52.4 Å². The fourth-order valence-corrected chi connectivity index (χ4v) is 8.45. The van der Waals surface area contributed by atoms with Gasteiger partial charge in [-0.1, -0.05) is 170 Å². The van der Waals surface area contributed by atoms with Crippen molar-refractivity contribution in [3.63, 3.8) is 0 Å². The van der Waals surface area contributed by atoms with Crippen LogP contribution in [0.1, 0.15) is 266 Å². The summed E-state index contributed by atoms with van der Waals surface area (Å²) in [6.07, 6.45) is 33.5. The third-order valence-corrected chi connectivity index (χ3v) is 13.1. The Bertz CT molecular complexity index is 1220. The Morgan fingerprint density at radius 3 is 1.34 bits per heavy atom. The number of carbonyl (C=O) groups excluding carboxylic acids is 5. The quantitative estimate of drug-likeness (QED) is 0.0350. The molecule has 0 aliphatic carbocycles. The van der Waals surface area contributed by atoms with Crippen LogP contribution < -0.4 is 5.32 Å². The third kappa shape index (κ3) is 44.8. The summed E-state index contributed by atoms with van der Waals surface area (Å²) in [5, 5.41) is 2.78. The molecule has 0 aliphatic heterocycles. The fraction of sp³-hybridized carbons (Fsp3) is 0.912. The maximum atomic E-state index is 12.8. The first-order valence-corrected chi connectivity index (χ1v) is 29.1. The average molecular weight is 997 g/mol. The van der Waals surface area contributed by atoms with Crippen molar-refractivity contribution in [3.05, 3.63) is 0 Å². The number of hydrogen-bond acceptors (Lipinski definition) is 12. The summed E-state index contributed by atoms with van der Waals surface area (Å²) in [7, 11) is 0. The molecular weight excluding hydrogens is 889 g/mol. The SMILES string of the molecule is CCCCCCCCCC(CC)OC(=O)CCCCCC(=O)OCC(COC(=O)NCCCCCCCC(=O)OC(CCCCCCCC)CCCCCCCC)COC(=O)OCCCN(CC)CC. The molecule has 0 heterocycles. The molecule has 2 unspecified atom stereocenters. The standard InChI is InChI=1S/C57H108N2O11/c1-7-13-16-19-22-26-30-38-51(10-4)69-54(61)43-35-29-34-41-53(60)66-47-50(49-68-57(64)65-46-37-45-59(11-5)12-6)48-67-56(63)58-44-36-28-23-27-33-42-55(62)70-52(39-31-24-20-17-14-8-2)40-32-25-21-18-15-9-3/h50-52H,7-49H2,1-6H3,(H,58,63). The van der Waals surface area contributed by atoms with Gasteiger partial charge in [-0.05, 0) is 90.1 Å². The molecule has 1 N–H and O–H groups in total. The zero-order chi connectivity index (χ0) is 51.6. The lowest BCUT2D eigenvalue weighted by Crippen LogP contribution is -2.31. The highest BCUT2D eigenvalue weighted by molar-refractivity contribution is 5.70. The van der Waals surface area contributed by atoms with Crippen molar-refractivity contribution in [2.75, 3.05) is 52.6 Å². The Morgan fingerprint density at radius 2 is 0.829 bits per heavy atom. The molecule has 0 saturated heterocycles. The van der Waals surface area contributed by atoms with E-state index in [9.17, 15) is 24.0 Å². The Labute approximate surface area is 428 Å². The maximum absolute atomic E-state index is 12.8. The van der Waals surface area contributed by atoms with Gasteiger partial charge in [-0.15, -0.1) is 0 Å². The van der Waals surface area contributed by atoms with Gasteiger partial charge >= 0.3 is 30.2 Å². The molecule has 0 aliphatic rings. The van der Waals surface area contributed by atoms with E-state index in [1.54, 1.807) is 0 Å². The second-order valence-corrected chi connectivity index (χ2v) is 19.6. The number of unbranched alkanes of at least 4 members (excludes halogenated alkanes) is 22. The number of alkyl carbamates (subject to hydrolysis) is 1. The summed E-state index contributed by atoms with van der Waals surface area (Å²) in [5.41, 5.74) is 0. The number of carbonyl (C=O) groups is 5. The molecule has 13 heteroatoms. The lowest BCUT2D eigenvalue weighted by atomic mass is 10.0. The van der Waals surface area contributed by atoms with Gasteiger partial charge in [0.1, 0.15) is 32.0 Å². The number of esters is 3. The molecule has 0 fully saturated rings. The van der Waals surface area contributed by atoms with Gasteiger partial charge in [-0.2, -0.15) is 0 Å². The van der Waals surface area contributed by atoms with Crippen LogP contribution in [0, 0.1) is 5.92 Å². The largest absolute Gasteiger partial charge is 0.508 e. The highest BCUT2D eigenvalue weighted by atomic mass is 16.7. The van der Waals surface area contributed by atoms with E-state index in [1.165, 1.54) is 103 Å². The van der Waals surface area contributed by atoms with E-state index in [-0.39, 0.29) is 57.0 Å². The van der Waals surface area contributed by atoms with E-state index in [1.807, 2.05) is 0 Å². The van der Waals surface area contributed by atoms with Crippen LogP contribution in [0.4, 0.5) is 9.59 Å². The first-order chi connectivity index (χ1) is 34.1. The summed E-state index contributed by atoms with van der Waals surface area (Å²) < 4.78 is 33.3. The summed E-state index contributed by atoms with van der Waals surface area (Å²) in [6.45, 7) is 15.8. The van der Waals surface area contributed by atoms with Crippen molar-refractivity contribution in [1.82, 2.24) is 10.2 Å². The molecule has 0 radical (unpaired) electrons. The van der Waals surface area contributed by atoms with Gasteiger partial charge in [0.2, 0.25) is 0 Å². The van der Waals surface area contributed by atoms with Gasteiger partial charge in [0.05, 0.1) is 12.5 Å². The van der Waals surface area contributed by atoms with Crippen molar-refractivity contribution >= 4 is 30.2 Å². The normalized spacial score (nSPS) is 12.2. The van der Waals surface area contributed by atoms with Crippen LogP contribution in [0.3, 0.4) is 0 Å². The number of hydrogen-bond donors (Lipinski definition) is 1. The molecule has 0 aromatic rings. The monoisotopic (exact) mass is 997 g/mol. The second kappa shape index (κ2) is 50.8. The van der Waals surface area contributed by atoms with Crippen LogP contribution in [-0.4, -0.2) is 99.9 Å². The zero-order valence-corrected chi connectivity index (χ0v) is 46.1. The zero-order valence-electron chi connectivity index (χ0n) is 46.1. The second-order valence-electron chi connectivity index (χ2n) is 19.6. The molecule has 0 saturated carbocycles. The number of nitrogens with one attached hydrogen (secondary N) is 1. The average Bonchev–Trinajstić information content (AvgIpc) is 3.35. The molecule has 0 rings (SSSR count). The summed E-state index contributed by atoms with van der Waals surface area (Å²) in [4.78, 5) is 65.1. The molecular formula is C57H108N2O11. The summed E-state index contributed by atoms with van der Waals surface area (Å²) in [5.74, 6) is -1.26. The Morgan fingerprint density at radius 1 is 0.414 bits per heavy atom. The molecule has 0 spiro atoms. The van der Waals surface area contributed by atoms with Crippen LogP contribution in [0.15, 0.2) is 0 Å². The topological polar surface area (TPSA) is 156 Å². The molecule has 1 amide bonds. The van der Waals surface area contributed by atoms with E-state index in [4.69, 9.17) is 28.4 Å². The number of nitrogens with zero attached hydrogens (tertiary/aromatic N) is 1. The van der Waals surface area contributed by atoms with Gasteiger partial charge < -0.3 is 38.6 Å². The van der Waals surface area contributed by atoms with Crippen molar-refractivity contribution in [1.29, 1.82) is 0 Å². The van der Waals surface area contributed by atoms with Gasteiger partial charge in [-0.25, -0.2) is 9.59 Å². The summed E-state index contributed by atoms with van der Waals surface area (Å²) in [6, 6.07) is 0. The predicted molar refractivity (Wildman–Crippen MR) is 283 cm³/mol. The van der Waals surface area contributed by atoms with Crippen LogP contribution in [0.5, 0.6) is 0 Å². The number of rotatable bonds is 51. The van der Waals surface area contributed by atoms with Crippen LogP contribution in [0.2, 0.25) is 0 Å². The van der Waals surface area contributed by atoms with Crippen molar-refractivity contribution in [2.45, 2.75) is 278 Å². The van der Waals surface area contributed by atoms with Crippen LogP contribution in [0.25, 0.3) is 0 Å². The number of ether oxygens (including phenoxy) is 6. The smallest absolute Gasteiger partial charge is 0.465 e. The molecule has 0 aromatic heterocycles. The van der Waals surface area contributed by atoms with Crippen molar-refractivity contribution in [2.24, 2.45) is 5.92 Å². The maximum Gasteiger partial charge on any atom is 0.508 e. The van der Waals surface area contributed by atoms with E-state index >= 15 is 0 Å².